The number of benzene rings is 2. The van der Waals surface area contributed by atoms with E-state index in [4.69, 9.17) is 9.72 Å². The number of hydrogen-bond donors (Lipinski definition) is 1. The van der Waals surface area contributed by atoms with Gasteiger partial charge in [0.1, 0.15) is 0 Å². The molecule has 1 N–H and O–H groups in total. The van der Waals surface area contributed by atoms with E-state index in [1.807, 2.05) is 55.5 Å². The van der Waals surface area contributed by atoms with Gasteiger partial charge in [0.15, 0.2) is 5.13 Å². The van der Waals surface area contributed by atoms with Crippen molar-refractivity contribution in [1.82, 2.24) is 9.88 Å². The molecule has 2 atom stereocenters. The minimum absolute atomic E-state index is 0.0227. The summed E-state index contributed by atoms with van der Waals surface area (Å²) in [5.41, 5.74) is 2.74. The summed E-state index contributed by atoms with van der Waals surface area (Å²) < 4.78 is 6.46. The zero-order valence-electron chi connectivity index (χ0n) is 18.0. The Morgan fingerprint density at radius 2 is 1.97 bits per heavy atom. The van der Waals surface area contributed by atoms with Gasteiger partial charge in [0.05, 0.1) is 35.4 Å². The SMILES string of the molecule is C[C@H](c1ccccc1)N1C[C@H](C(=O)Nc2ccc3nc(N4CCOCC4)sc3c2)CC1=O. The Morgan fingerprint density at radius 3 is 2.75 bits per heavy atom. The summed E-state index contributed by atoms with van der Waals surface area (Å²) in [5, 5.41) is 4.00. The van der Waals surface area contributed by atoms with Crippen LogP contribution >= 0.6 is 11.3 Å². The second-order valence-electron chi connectivity index (χ2n) is 8.30. The average molecular weight is 451 g/mol. The van der Waals surface area contributed by atoms with E-state index in [1.54, 1.807) is 16.2 Å². The number of hydrogen-bond acceptors (Lipinski definition) is 6. The Morgan fingerprint density at radius 1 is 1.19 bits per heavy atom. The summed E-state index contributed by atoms with van der Waals surface area (Å²) in [4.78, 5) is 34.3. The van der Waals surface area contributed by atoms with Crippen molar-refractivity contribution in [2.75, 3.05) is 43.1 Å². The van der Waals surface area contributed by atoms with Crippen molar-refractivity contribution in [1.29, 1.82) is 0 Å². The fourth-order valence-electron chi connectivity index (χ4n) is 4.32. The molecule has 2 saturated heterocycles. The highest BCUT2D eigenvalue weighted by molar-refractivity contribution is 7.22. The van der Waals surface area contributed by atoms with Gasteiger partial charge < -0.3 is 19.9 Å². The molecular formula is C24H26N4O3S. The maximum Gasteiger partial charge on any atom is 0.229 e. The fraction of sp³-hybridized carbons (Fsp3) is 0.375. The van der Waals surface area contributed by atoms with Gasteiger partial charge in [0.2, 0.25) is 11.8 Å². The van der Waals surface area contributed by atoms with Crippen LogP contribution in [0.2, 0.25) is 0 Å². The van der Waals surface area contributed by atoms with E-state index >= 15 is 0 Å². The van der Waals surface area contributed by atoms with Crippen LogP contribution in [0, 0.1) is 5.92 Å². The minimum Gasteiger partial charge on any atom is -0.378 e. The van der Waals surface area contributed by atoms with E-state index in [1.165, 1.54) is 0 Å². The Kier molecular flexibility index (Phi) is 5.80. The lowest BCUT2D eigenvalue weighted by Gasteiger charge is -2.25. The number of likely N-dealkylation sites (tertiary alicyclic amines) is 1. The van der Waals surface area contributed by atoms with Crippen LogP contribution in [-0.4, -0.2) is 54.5 Å². The number of carbonyl (C=O) groups excluding carboxylic acids is 2. The topological polar surface area (TPSA) is 74.8 Å². The number of morpholine rings is 1. The second-order valence-corrected chi connectivity index (χ2v) is 9.31. The maximum atomic E-state index is 12.9. The highest BCUT2D eigenvalue weighted by atomic mass is 32.1. The Balaban J connectivity index is 1.26. The molecule has 0 bridgehead atoms. The molecule has 166 valence electrons. The fourth-order valence-corrected chi connectivity index (χ4v) is 5.37. The predicted octanol–water partition coefficient (Wildman–Crippen LogP) is 3.68. The van der Waals surface area contributed by atoms with Gasteiger partial charge >= 0.3 is 0 Å². The molecule has 0 aliphatic carbocycles. The molecule has 0 spiro atoms. The van der Waals surface area contributed by atoms with Crippen molar-refractivity contribution < 1.29 is 14.3 Å². The lowest BCUT2D eigenvalue weighted by atomic mass is 10.1. The Hall–Kier alpha value is -2.97. The molecule has 0 saturated carbocycles. The standard InChI is InChI=1S/C24H26N4O3S/c1-16(17-5-3-2-4-6-17)28-15-18(13-22(28)29)23(30)25-19-7-8-20-21(14-19)32-24(26-20)27-9-11-31-12-10-27/h2-8,14,16,18H,9-13,15H2,1H3,(H,25,30)/t16-,18-/m1/s1. The monoisotopic (exact) mass is 450 g/mol. The number of aromatic nitrogens is 1. The van der Waals surface area contributed by atoms with Crippen LogP contribution in [0.5, 0.6) is 0 Å². The van der Waals surface area contributed by atoms with E-state index in [-0.39, 0.29) is 30.2 Å². The molecule has 3 heterocycles. The van der Waals surface area contributed by atoms with E-state index < -0.39 is 0 Å². The van der Waals surface area contributed by atoms with Gasteiger partial charge in [-0.3, -0.25) is 9.59 Å². The van der Waals surface area contributed by atoms with Gasteiger partial charge in [-0.05, 0) is 30.7 Å². The molecule has 8 heteroatoms. The van der Waals surface area contributed by atoms with E-state index in [0.717, 1.165) is 52.9 Å². The first-order valence-electron chi connectivity index (χ1n) is 11.0. The lowest BCUT2D eigenvalue weighted by Crippen LogP contribution is -2.36. The molecule has 2 fully saturated rings. The van der Waals surface area contributed by atoms with Crippen LogP contribution in [0.25, 0.3) is 10.2 Å². The molecule has 2 aliphatic rings. The Bertz CT molecular complexity index is 1130. The summed E-state index contributed by atoms with van der Waals surface area (Å²) in [6.07, 6.45) is 0.243. The molecular weight excluding hydrogens is 424 g/mol. The molecule has 7 nitrogen and oxygen atoms in total. The quantitative estimate of drug-likeness (QED) is 0.642. The molecule has 2 amide bonds. The summed E-state index contributed by atoms with van der Waals surface area (Å²) in [7, 11) is 0. The third kappa shape index (κ3) is 4.20. The molecule has 32 heavy (non-hydrogen) atoms. The van der Waals surface area contributed by atoms with Crippen LogP contribution in [0.3, 0.4) is 0 Å². The molecule has 2 aliphatic heterocycles. The third-order valence-electron chi connectivity index (χ3n) is 6.21. The van der Waals surface area contributed by atoms with Crippen LogP contribution in [0.1, 0.15) is 24.9 Å². The molecule has 1 aromatic heterocycles. The smallest absolute Gasteiger partial charge is 0.229 e. The van der Waals surface area contributed by atoms with Crippen LogP contribution in [-0.2, 0) is 14.3 Å². The van der Waals surface area contributed by atoms with E-state index in [9.17, 15) is 9.59 Å². The predicted molar refractivity (Wildman–Crippen MR) is 126 cm³/mol. The maximum absolute atomic E-state index is 12.9. The highest BCUT2D eigenvalue weighted by Gasteiger charge is 2.37. The third-order valence-corrected chi connectivity index (χ3v) is 7.28. The summed E-state index contributed by atoms with van der Waals surface area (Å²) >= 11 is 1.63. The van der Waals surface area contributed by atoms with Crippen molar-refractivity contribution in [3.63, 3.8) is 0 Å². The summed E-state index contributed by atoms with van der Waals surface area (Å²) in [6, 6.07) is 15.7. The Labute approximate surface area is 191 Å². The van der Waals surface area contributed by atoms with Gasteiger partial charge in [-0.1, -0.05) is 41.7 Å². The van der Waals surface area contributed by atoms with Gasteiger partial charge in [0.25, 0.3) is 0 Å². The zero-order valence-corrected chi connectivity index (χ0v) is 18.8. The number of fused-ring (bicyclic) bond motifs is 1. The normalized spacial score (nSPS) is 20.0. The number of nitrogens with one attached hydrogen (secondary N) is 1. The van der Waals surface area contributed by atoms with Gasteiger partial charge in [-0.25, -0.2) is 4.98 Å². The first kappa shape index (κ1) is 20.9. The first-order chi connectivity index (χ1) is 15.6. The number of nitrogens with zero attached hydrogens (tertiary/aromatic N) is 3. The molecule has 2 aromatic carbocycles. The summed E-state index contributed by atoms with van der Waals surface area (Å²) in [5.74, 6) is -0.442. The number of rotatable bonds is 5. The molecule has 0 radical (unpaired) electrons. The van der Waals surface area contributed by atoms with Crippen molar-refractivity contribution >= 4 is 44.2 Å². The van der Waals surface area contributed by atoms with Gasteiger partial charge in [-0.2, -0.15) is 0 Å². The van der Waals surface area contributed by atoms with Crippen molar-refractivity contribution in [3.05, 3.63) is 54.1 Å². The lowest BCUT2D eigenvalue weighted by molar-refractivity contribution is -0.129. The highest BCUT2D eigenvalue weighted by Crippen LogP contribution is 2.32. The van der Waals surface area contributed by atoms with Gasteiger partial charge in [0, 0.05) is 31.7 Å². The van der Waals surface area contributed by atoms with Crippen molar-refractivity contribution in [2.24, 2.45) is 5.92 Å². The first-order valence-corrected chi connectivity index (χ1v) is 11.8. The van der Waals surface area contributed by atoms with Crippen LogP contribution in [0.15, 0.2) is 48.5 Å². The largest absolute Gasteiger partial charge is 0.378 e. The van der Waals surface area contributed by atoms with Crippen molar-refractivity contribution in [2.45, 2.75) is 19.4 Å². The van der Waals surface area contributed by atoms with Gasteiger partial charge in [-0.15, -0.1) is 0 Å². The molecule has 5 rings (SSSR count). The number of anilines is 2. The van der Waals surface area contributed by atoms with E-state index in [0.29, 0.717) is 6.54 Å². The molecule has 3 aromatic rings. The zero-order chi connectivity index (χ0) is 22.1. The number of carbonyl (C=O) groups is 2. The number of amides is 2. The second kappa shape index (κ2) is 8.88. The summed E-state index contributed by atoms with van der Waals surface area (Å²) in [6.45, 7) is 5.57. The average Bonchev–Trinajstić information content (AvgIpc) is 3.43. The van der Waals surface area contributed by atoms with Crippen LogP contribution < -0.4 is 10.2 Å². The number of thiazole rings is 1. The molecule has 0 unspecified atom stereocenters. The van der Waals surface area contributed by atoms with Crippen molar-refractivity contribution in [3.8, 4) is 0 Å². The number of ether oxygens (including phenoxy) is 1. The van der Waals surface area contributed by atoms with E-state index in [2.05, 4.69) is 10.2 Å². The minimum atomic E-state index is -0.352. The van der Waals surface area contributed by atoms with Crippen LogP contribution in [0.4, 0.5) is 10.8 Å².